The Morgan fingerprint density at radius 1 is 0.778 bits per heavy atom. The Labute approximate surface area is 124 Å². The number of rotatable bonds is 3. The highest BCUT2D eigenvalue weighted by Gasteiger charge is 2.20. The molecular weight excluding hydrogens is 363 g/mol. The third kappa shape index (κ3) is 3.54. The minimum Gasteiger partial charge on any atom is -0.747 e. The summed E-state index contributed by atoms with van der Waals surface area (Å²) in [5.74, 6) is 0. The number of halogens is 1. The molecule has 0 amide bonds. The number of hydrogen-bond acceptors (Lipinski definition) is 3. The zero-order valence-corrected chi connectivity index (χ0v) is 12.8. The van der Waals surface area contributed by atoms with Crippen molar-refractivity contribution in [1.82, 2.24) is 0 Å². The first-order valence-corrected chi connectivity index (χ1v) is 6.61. The maximum Gasteiger partial charge on any atom is 0.235 e. The molecule has 0 aliphatic heterocycles. The van der Waals surface area contributed by atoms with Crippen molar-refractivity contribution >= 4 is 10.1 Å². The van der Waals surface area contributed by atoms with E-state index in [2.05, 4.69) is 0 Å². The van der Waals surface area contributed by atoms with E-state index in [9.17, 15) is 13.0 Å². The van der Waals surface area contributed by atoms with Gasteiger partial charge in [-0.2, -0.15) is 0 Å². The SMILES string of the molecule is O=S(=O)([O-])C(c1ccccc1)c1ccccc1.[IH2+]. The molecule has 0 bridgehead atoms. The average molecular weight is 376 g/mol. The number of benzene rings is 2. The van der Waals surface area contributed by atoms with Gasteiger partial charge in [0, 0.05) is 0 Å². The maximum atomic E-state index is 11.4. The molecule has 5 heteroatoms. The predicted molar refractivity (Wildman–Crippen MR) is 67.2 cm³/mol. The standard InChI is InChI=1S/C13H12O3S.H2I/c14-17(15,16)13(11-7-3-1-4-8-11)12-9-5-2-6-10-12;/h1-10,13H,(H,14,15,16);1H2/q;+1/p-1. The van der Waals surface area contributed by atoms with E-state index in [0.717, 1.165) is 0 Å². The third-order valence-corrected chi connectivity index (χ3v) is 3.62. The second-order valence-corrected chi connectivity index (χ2v) is 5.15. The fourth-order valence-electron chi connectivity index (χ4n) is 1.78. The van der Waals surface area contributed by atoms with Gasteiger partial charge in [0.05, 0.1) is 5.25 Å². The van der Waals surface area contributed by atoms with Crippen LogP contribution in [0.25, 0.3) is 0 Å². The lowest BCUT2D eigenvalue weighted by molar-refractivity contribution is -0.00000777. The van der Waals surface area contributed by atoms with E-state index in [-0.39, 0.29) is 24.0 Å². The zero-order chi connectivity index (χ0) is 12.3. The van der Waals surface area contributed by atoms with E-state index < -0.39 is 15.4 Å². The lowest BCUT2D eigenvalue weighted by atomic mass is 10.0. The Kier molecular flexibility index (Phi) is 5.30. The Balaban J connectivity index is 0.00000162. The van der Waals surface area contributed by atoms with Crippen molar-refractivity contribution in [3.63, 3.8) is 0 Å². The van der Waals surface area contributed by atoms with E-state index in [1.54, 1.807) is 60.7 Å². The van der Waals surface area contributed by atoms with Crippen LogP contribution in [-0.2, 0) is 10.1 Å². The summed E-state index contributed by atoms with van der Waals surface area (Å²) in [6, 6.07) is 17.0. The van der Waals surface area contributed by atoms with Gasteiger partial charge in [0.15, 0.2) is 0 Å². The van der Waals surface area contributed by atoms with Crippen LogP contribution < -0.4 is 24.0 Å². The monoisotopic (exact) mass is 376 g/mol. The van der Waals surface area contributed by atoms with Gasteiger partial charge in [-0.25, -0.2) is 8.42 Å². The van der Waals surface area contributed by atoms with E-state index in [1.807, 2.05) is 0 Å². The molecule has 0 fully saturated rings. The summed E-state index contributed by atoms with van der Waals surface area (Å²) >= 11 is 0. The molecule has 0 aliphatic carbocycles. The summed E-state index contributed by atoms with van der Waals surface area (Å²) in [5, 5.41) is -1.13. The van der Waals surface area contributed by atoms with Crippen LogP contribution in [0, 0.1) is 0 Å². The van der Waals surface area contributed by atoms with E-state index in [0.29, 0.717) is 11.1 Å². The quantitative estimate of drug-likeness (QED) is 0.499. The molecular formula is C13H13IO3S. The van der Waals surface area contributed by atoms with Crippen LogP contribution in [0.15, 0.2) is 60.7 Å². The first-order valence-electron chi connectivity index (χ1n) is 5.13. The molecule has 2 aromatic rings. The molecule has 96 valence electrons. The lowest BCUT2D eigenvalue weighted by Crippen LogP contribution is -3.00. The van der Waals surface area contributed by atoms with Crippen LogP contribution in [0.3, 0.4) is 0 Å². The normalized spacial score (nSPS) is 11.0. The number of hydrogen-bond donors (Lipinski definition) is 0. The van der Waals surface area contributed by atoms with Crippen molar-refractivity contribution in [1.29, 1.82) is 0 Å². The summed E-state index contributed by atoms with van der Waals surface area (Å²) in [7, 11) is -4.42. The lowest BCUT2D eigenvalue weighted by Gasteiger charge is -2.21. The van der Waals surface area contributed by atoms with Gasteiger partial charge < -0.3 is 4.55 Å². The molecule has 0 aliphatic rings. The Bertz CT molecular complexity index is 543. The second kappa shape index (κ2) is 6.31. The molecule has 3 nitrogen and oxygen atoms in total. The third-order valence-electron chi connectivity index (χ3n) is 2.49. The first-order chi connectivity index (χ1) is 8.09. The van der Waals surface area contributed by atoms with Crippen LogP contribution in [0.4, 0.5) is 0 Å². The van der Waals surface area contributed by atoms with Crippen molar-refractivity contribution in [3.05, 3.63) is 71.8 Å². The summed E-state index contributed by atoms with van der Waals surface area (Å²) in [4.78, 5) is 0. The van der Waals surface area contributed by atoms with Gasteiger partial charge in [-0.05, 0) is 11.1 Å². The van der Waals surface area contributed by atoms with E-state index in [4.69, 9.17) is 0 Å². The van der Waals surface area contributed by atoms with Crippen LogP contribution >= 0.6 is 0 Å². The van der Waals surface area contributed by atoms with Gasteiger partial charge in [-0.15, -0.1) is 0 Å². The highest BCUT2D eigenvalue weighted by molar-refractivity contribution is 7.86. The maximum absolute atomic E-state index is 11.4. The highest BCUT2D eigenvalue weighted by atomic mass is 127. The molecule has 18 heavy (non-hydrogen) atoms. The molecule has 0 aromatic heterocycles. The Hall–Kier alpha value is -0.920. The smallest absolute Gasteiger partial charge is 0.235 e. The van der Waals surface area contributed by atoms with Crippen molar-refractivity contribution < 1.29 is 36.9 Å². The van der Waals surface area contributed by atoms with Crippen molar-refractivity contribution in [2.45, 2.75) is 5.25 Å². The van der Waals surface area contributed by atoms with Gasteiger partial charge in [-0.1, -0.05) is 60.7 Å². The largest absolute Gasteiger partial charge is 0.747 e. The average Bonchev–Trinajstić information content (AvgIpc) is 2.30. The van der Waals surface area contributed by atoms with E-state index in [1.165, 1.54) is 0 Å². The molecule has 0 unspecified atom stereocenters. The molecule has 0 radical (unpaired) electrons. The first kappa shape index (κ1) is 15.1. The Morgan fingerprint density at radius 3 is 1.39 bits per heavy atom. The van der Waals surface area contributed by atoms with Crippen molar-refractivity contribution in [3.8, 4) is 0 Å². The molecule has 0 heterocycles. The molecule has 0 saturated heterocycles. The van der Waals surface area contributed by atoms with Gasteiger partial charge in [0.1, 0.15) is 10.1 Å². The van der Waals surface area contributed by atoms with Crippen LogP contribution in [-0.4, -0.2) is 13.0 Å². The predicted octanol–water partition coefficient (Wildman–Crippen LogP) is -1.21. The molecule has 2 rings (SSSR count). The Morgan fingerprint density at radius 2 is 1.11 bits per heavy atom. The summed E-state index contributed by atoms with van der Waals surface area (Å²) in [6.07, 6.45) is 0. The van der Waals surface area contributed by atoms with Crippen molar-refractivity contribution in [2.24, 2.45) is 0 Å². The fraction of sp³-hybridized carbons (Fsp3) is 0.0769. The molecule has 0 spiro atoms. The van der Waals surface area contributed by atoms with Gasteiger partial charge >= 0.3 is 0 Å². The topological polar surface area (TPSA) is 57.2 Å². The van der Waals surface area contributed by atoms with E-state index >= 15 is 0 Å². The van der Waals surface area contributed by atoms with Crippen LogP contribution in [0.5, 0.6) is 0 Å². The van der Waals surface area contributed by atoms with Crippen LogP contribution in [0.1, 0.15) is 16.4 Å². The summed E-state index contributed by atoms with van der Waals surface area (Å²) in [5.41, 5.74) is 0.988. The second-order valence-electron chi connectivity index (χ2n) is 3.69. The molecule has 0 N–H and O–H groups in total. The minimum atomic E-state index is -4.42. The summed E-state index contributed by atoms with van der Waals surface area (Å²) in [6.45, 7) is 0. The van der Waals surface area contributed by atoms with Crippen LogP contribution in [0.2, 0.25) is 0 Å². The molecule has 0 atom stereocenters. The highest BCUT2D eigenvalue weighted by Crippen LogP contribution is 2.28. The molecule has 2 aromatic carbocycles. The fourth-order valence-corrected chi connectivity index (χ4v) is 2.76. The van der Waals surface area contributed by atoms with Crippen molar-refractivity contribution in [2.75, 3.05) is 0 Å². The molecule has 0 saturated carbocycles. The van der Waals surface area contributed by atoms with Gasteiger partial charge in [-0.3, -0.25) is 0 Å². The van der Waals surface area contributed by atoms with Gasteiger partial charge in [0.25, 0.3) is 0 Å². The van der Waals surface area contributed by atoms with Gasteiger partial charge in [0.2, 0.25) is 24.0 Å². The minimum absolute atomic E-state index is 0. The zero-order valence-electron chi connectivity index (χ0n) is 9.43. The summed E-state index contributed by atoms with van der Waals surface area (Å²) < 4.78 is 34.1.